The van der Waals surface area contributed by atoms with Crippen molar-refractivity contribution in [3.63, 3.8) is 0 Å². The second-order valence-corrected chi connectivity index (χ2v) is 5.10. The molecule has 5 nitrogen and oxygen atoms in total. The number of nitrogens with zero attached hydrogens (tertiary/aromatic N) is 2. The Balaban J connectivity index is 1.94. The minimum atomic E-state index is 0.471. The van der Waals surface area contributed by atoms with Crippen LogP contribution in [0.4, 0.5) is 5.82 Å². The van der Waals surface area contributed by atoms with E-state index in [9.17, 15) is 0 Å². The Labute approximate surface area is 115 Å². The van der Waals surface area contributed by atoms with Gasteiger partial charge in [-0.2, -0.15) is 0 Å². The van der Waals surface area contributed by atoms with E-state index in [0.29, 0.717) is 18.4 Å². The van der Waals surface area contributed by atoms with Crippen LogP contribution >= 0.6 is 15.9 Å². The van der Waals surface area contributed by atoms with E-state index < -0.39 is 0 Å². The molecule has 0 spiro atoms. The van der Waals surface area contributed by atoms with Crippen molar-refractivity contribution in [2.45, 2.75) is 19.8 Å². The van der Waals surface area contributed by atoms with Crippen LogP contribution in [0.25, 0.3) is 0 Å². The van der Waals surface area contributed by atoms with Gasteiger partial charge in [-0.1, -0.05) is 6.92 Å². The number of hydrogen-bond donors (Lipinski definition) is 1. The third-order valence-electron chi connectivity index (χ3n) is 2.78. The Hall–Kier alpha value is -0.880. The molecule has 0 aromatic carbocycles. The van der Waals surface area contributed by atoms with E-state index in [1.165, 1.54) is 6.33 Å². The van der Waals surface area contributed by atoms with Crippen molar-refractivity contribution in [2.75, 3.05) is 31.7 Å². The molecule has 1 aromatic rings. The van der Waals surface area contributed by atoms with Crippen LogP contribution in [0.1, 0.15) is 19.8 Å². The van der Waals surface area contributed by atoms with Gasteiger partial charge in [-0.05, 0) is 28.8 Å². The van der Waals surface area contributed by atoms with Crippen LogP contribution in [-0.4, -0.2) is 36.3 Å². The van der Waals surface area contributed by atoms with Crippen LogP contribution in [0.2, 0.25) is 0 Å². The fraction of sp³-hybridized carbons (Fsp3) is 0.667. The zero-order valence-electron chi connectivity index (χ0n) is 10.5. The van der Waals surface area contributed by atoms with E-state index in [2.05, 4.69) is 38.1 Å². The molecule has 0 bridgehead atoms. The number of hydrogen-bond acceptors (Lipinski definition) is 5. The van der Waals surface area contributed by atoms with Gasteiger partial charge < -0.3 is 14.8 Å². The van der Waals surface area contributed by atoms with Crippen LogP contribution in [0.15, 0.2) is 10.8 Å². The van der Waals surface area contributed by atoms with E-state index in [1.54, 1.807) is 0 Å². The molecule has 1 aromatic heterocycles. The maximum Gasteiger partial charge on any atom is 0.233 e. The highest BCUT2D eigenvalue weighted by atomic mass is 79.9. The molecule has 0 aliphatic carbocycles. The second kappa shape index (κ2) is 6.89. The second-order valence-electron chi connectivity index (χ2n) is 4.31. The van der Waals surface area contributed by atoms with Crippen molar-refractivity contribution >= 4 is 21.7 Å². The standard InChI is InChI=1S/C12H18BrN3O2/c1-2-4-14-11-10(13)12(16-8-15-11)18-7-9-3-5-17-6-9/h8-9H,2-7H2,1H3,(H,14,15,16). The average molecular weight is 316 g/mol. The number of rotatable bonds is 6. The zero-order valence-corrected chi connectivity index (χ0v) is 12.1. The Morgan fingerprint density at radius 1 is 1.56 bits per heavy atom. The first kappa shape index (κ1) is 13.5. The van der Waals surface area contributed by atoms with E-state index in [4.69, 9.17) is 9.47 Å². The summed E-state index contributed by atoms with van der Waals surface area (Å²) in [5, 5.41) is 3.23. The average Bonchev–Trinajstić information content (AvgIpc) is 2.89. The van der Waals surface area contributed by atoms with Crippen LogP contribution < -0.4 is 10.1 Å². The number of anilines is 1. The van der Waals surface area contributed by atoms with Crippen LogP contribution in [-0.2, 0) is 4.74 Å². The molecule has 6 heteroatoms. The summed E-state index contributed by atoms with van der Waals surface area (Å²) in [5.74, 6) is 1.85. The molecule has 1 saturated heterocycles. The van der Waals surface area contributed by atoms with Gasteiger partial charge in [-0.25, -0.2) is 9.97 Å². The normalized spacial score (nSPS) is 18.9. The third-order valence-corrected chi connectivity index (χ3v) is 3.49. The minimum Gasteiger partial charge on any atom is -0.476 e. The van der Waals surface area contributed by atoms with Crippen molar-refractivity contribution in [3.8, 4) is 5.88 Å². The molecular weight excluding hydrogens is 298 g/mol. The van der Waals surface area contributed by atoms with Crippen molar-refractivity contribution in [1.82, 2.24) is 9.97 Å². The lowest BCUT2D eigenvalue weighted by molar-refractivity contribution is 0.165. The highest BCUT2D eigenvalue weighted by Crippen LogP contribution is 2.29. The molecule has 100 valence electrons. The van der Waals surface area contributed by atoms with Gasteiger partial charge in [0.25, 0.3) is 0 Å². The van der Waals surface area contributed by atoms with Gasteiger partial charge >= 0.3 is 0 Å². The molecule has 1 fully saturated rings. The molecule has 1 N–H and O–H groups in total. The van der Waals surface area contributed by atoms with Crippen LogP contribution in [0.3, 0.4) is 0 Å². The number of aromatic nitrogens is 2. The third kappa shape index (κ3) is 3.55. The molecule has 18 heavy (non-hydrogen) atoms. The lowest BCUT2D eigenvalue weighted by Crippen LogP contribution is -2.13. The highest BCUT2D eigenvalue weighted by molar-refractivity contribution is 9.10. The van der Waals surface area contributed by atoms with E-state index in [0.717, 1.165) is 42.9 Å². The Bertz CT molecular complexity index is 384. The van der Waals surface area contributed by atoms with E-state index in [-0.39, 0.29) is 0 Å². The van der Waals surface area contributed by atoms with Crippen LogP contribution in [0.5, 0.6) is 5.88 Å². The largest absolute Gasteiger partial charge is 0.476 e. The fourth-order valence-electron chi connectivity index (χ4n) is 1.73. The Morgan fingerprint density at radius 3 is 3.17 bits per heavy atom. The Kier molecular flexibility index (Phi) is 5.19. The molecule has 2 rings (SSSR count). The summed E-state index contributed by atoms with van der Waals surface area (Å²) < 4.78 is 11.8. The number of nitrogens with one attached hydrogen (secondary N) is 1. The summed E-state index contributed by atoms with van der Waals surface area (Å²) >= 11 is 3.48. The maximum absolute atomic E-state index is 5.72. The smallest absolute Gasteiger partial charge is 0.233 e. The molecule has 1 aliphatic rings. The van der Waals surface area contributed by atoms with E-state index in [1.807, 2.05) is 0 Å². The highest BCUT2D eigenvalue weighted by Gasteiger charge is 2.18. The topological polar surface area (TPSA) is 56.3 Å². The summed E-state index contributed by atoms with van der Waals surface area (Å²) in [6.07, 6.45) is 3.62. The lowest BCUT2D eigenvalue weighted by Gasteiger charge is -2.12. The first-order valence-corrected chi connectivity index (χ1v) is 7.05. The van der Waals surface area contributed by atoms with Crippen LogP contribution in [0, 0.1) is 5.92 Å². The van der Waals surface area contributed by atoms with Crippen molar-refractivity contribution in [3.05, 3.63) is 10.8 Å². The zero-order chi connectivity index (χ0) is 12.8. The lowest BCUT2D eigenvalue weighted by atomic mass is 10.1. The van der Waals surface area contributed by atoms with Crippen molar-refractivity contribution in [2.24, 2.45) is 5.92 Å². The molecule has 1 unspecified atom stereocenters. The molecule has 0 amide bonds. The van der Waals surface area contributed by atoms with Crippen molar-refractivity contribution < 1.29 is 9.47 Å². The van der Waals surface area contributed by atoms with Gasteiger partial charge in [0.2, 0.25) is 5.88 Å². The summed E-state index contributed by atoms with van der Waals surface area (Å²) in [5.41, 5.74) is 0. The summed E-state index contributed by atoms with van der Waals surface area (Å²) in [6.45, 7) is 5.25. The first-order chi connectivity index (χ1) is 8.81. The number of halogens is 1. The quantitative estimate of drug-likeness (QED) is 0.874. The van der Waals surface area contributed by atoms with Gasteiger partial charge in [0.1, 0.15) is 16.6 Å². The number of ether oxygens (including phenoxy) is 2. The molecule has 1 aliphatic heterocycles. The fourth-order valence-corrected chi connectivity index (χ4v) is 2.19. The van der Waals surface area contributed by atoms with Crippen molar-refractivity contribution in [1.29, 1.82) is 0 Å². The summed E-state index contributed by atoms with van der Waals surface area (Å²) in [7, 11) is 0. The SMILES string of the molecule is CCCNc1ncnc(OCC2CCOC2)c1Br. The monoisotopic (exact) mass is 315 g/mol. The van der Waals surface area contributed by atoms with Gasteiger partial charge in [0.15, 0.2) is 0 Å². The summed E-state index contributed by atoms with van der Waals surface area (Å²) in [6, 6.07) is 0. The van der Waals surface area contributed by atoms with E-state index >= 15 is 0 Å². The first-order valence-electron chi connectivity index (χ1n) is 6.26. The van der Waals surface area contributed by atoms with Gasteiger partial charge in [-0.3, -0.25) is 0 Å². The molecular formula is C12H18BrN3O2. The van der Waals surface area contributed by atoms with Gasteiger partial charge in [-0.15, -0.1) is 0 Å². The van der Waals surface area contributed by atoms with Gasteiger partial charge in [0, 0.05) is 19.1 Å². The predicted octanol–water partition coefficient (Wildman–Crippen LogP) is 2.48. The molecule has 0 saturated carbocycles. The molecule has 2 heterocycles. The Morgan fingerprint density at radius 2 is 2.44 bits per heavy atom. The minimum absolute atomic E-state index is 0.471. The molecule has 1 atom stereocenters. The molecule has 0 radical (unpaired) electrons. The maximum atomic E-state index is 5.72. The predicted molar refractivity (Wildman–Crippen MR) is 72.9 cm³/mol. The summed E-state index contributed by atoms with van der Waals surface area (Å²) in [4.78, 5) is 8.33. The van der Waals surface area contributed by atoms with Gasteiger partial charge in [0.05, 0.1) is 13.2 Å².